The van der Waals surface area contributed by atoms with Gasteiger partial charge < -0.3 is 16.2 Å². The molecule has 4 N–H and O–H groups in total. The van der Waals surface area contributed by atoms with Gasteiger partial charge in [0.2, 0.25) is 0 Å². The fourth-order valence-electron chi connectivity index (χ4n) is 2.26. The highest BCUT2D eigenvalue weighted by Crippen LogP contribution is 2.34. The van der Waals surface area contributed by atoms with E-state index in [0.29, 0.717) is 22.6 Å². The molecule has 0 fully saturated rings. The Balaban J connectivity index is 1.93. The molecule has 0 spiro atoms. The first-order valence-corrected chi connectivity index (χ1v) is 7.17. The fraction of sp³-hybridized carbons (Fsp3) is 0. The van der Waals surface area contributed by atoms with Crippen molar-refractivity contribution in [2.45, 2.75) is 0 Å². The van der Waals surface area contributed by atoms with Crippen LogP contribution in [0.15, 0.2) is 72.8 Å². The molecule has 0 bridgehead atoms. The zero-order valence-corrected chi connectivity index (χ0v) is 12.4. The number of hydrogen-bond donors (Lipinski definition) is 2. The van der Waals surface area contributed by atoms with E-state index in [1.807, 2.05) is 36.4 Å². The Bertz CT molecular complexity index is 831. The van der Waals surface area contributed by atoms with Gasteiger partial charge in [0.25, 0.3) is 0 Å². The quantitative estimate of drug-likeness (QED) is 0.566. The molecule has 0 saturated carbocycles. The van der Waals surface area contributed by atoms with Crippen molar-refractivity contribution in [2.75, 3.05) is 11.5 Å². The van der Waals surface area contributed by atoms with Crippen molar-refractivity contribution in [1.29, 1.82) is 0 Å². The molecule has 0 radical (unpaired) electrons. The molecule has 0 aliphatic carbocycles. The highest BCUT2D eigenvalue weighted by atomic mass is 16.5. The highest BCUT2D eigenvalue weighted by Gasteiger charge is 2.16. The molecule has 0 aromatic heterocycles. The van der Waals surface area contributed by atoms with Gasteiger partial charge in [-0.15, -0.1) is 0 Å². The number of benzene rings is 3. The lowest BCUT2D eigenvalue weighted by Gasteiger charge is -2.13. The van der Waals surface area contributed by atoms with Gasteiger partial charge in [-0.05, 0) is 24.3 Å². The maximum absolute atomic E-state index is 12.5. The zero-order valence-electron chi connectivity index (χ0n) is 12.4. The summed E-state index contributed by atoms with van der Waals surface area (Å²) < 4.78 is 5.71. The van der Waals surface area contributed by atoms with Crippen molar-refractivity contribution in [2.24, 2.45) is 0 Å². The largest absolute Gasteiger partial charge is 0.455 e. The first kappa shape index (κ1) is 14.7. The monoisotopic (exact) mass is 304 g/mol. The van der Waals surface area contributed by atoms with Gasteiger partial charge >= 0.3 is 0 Å². The van der Waals surface area contributed by atoms with Crippen LogP contribution in [0, 0.1) is 0 Å². The molecule has 0 aliphatic heterocycles. The molecule has 0 amide bonds. The van der Waals surface area contributed by atoms with E-state index >= 15 is 0 Å². The molecule has 23 heavy (non-hydrogen) atoms. The van der Waals surface area contributed by atoms with Crippen molar-refractivity contribution in [3.8, 4) is 11.5 Å². The minimum absolute atomic E-state index is 0.166. The van der Waals surface area contributed by atoms with Crippen molar-refractivity contribution in [3.63, 3.8) is 0 Å². The number of carbonyl (C=O) groups is 1. The van der Waals surface area contributed by atoms with Gasteiger partial charge in [-0.25, -0.2) is 0 Å². The summed E-state index contributed by atoms with van der Waals surface area (Å²) in [5.74, 6) is 0.917. The summed E-state index contributed by atoms with van der Waals surface area (Å²) in [6.45, 7) is 0. The Kier molecular flexibility index (Phi) is 3.97. The molecule has 0 unspecified atom stereocenters. The van der Waals surface area contributed by atoms with Crippen LogP contribution in [-0.4, -0.2) is 5.78 Å². The predicted molar refractivity (Wildman–Crippen MR) is 91.7 cm³/mol. The Morgan fingerprint density at radius 2 is 1.35 bits per heavy atom. The summed E-state index contributed by atoms with van der Waals surface area (Å²) >= 11 is 0. The second kappa shape index (κ2) is 6.23. The van der Waals surface area contributed by atoms with E-state index in [1.165, 1.54) is 0 Å². The summed E-state index contributed by atoms with van der Waals surface area (Å²) in [6.07, 6.45) is 0. The van der Waals surface area contributed by atoms with Crippen LogP contribution in [0.25, 0.3) is 0 Å². The average Bonchev–Trinajstić information content (AvgIpc) is 2.60. The summed E-state index contributed by atoms with van der Waals surface area (Å²) in [6, 6.07) is 21.5. The summed E-state index contributed by atoms with van der Waals surface area (Å²) in [7, 11) is 0. The summed E-state index contributed by atoms with van der Waals surface area (Å²) in [5.41, 5.74) is 13.5. The third-order valence-electron chi connectivity index (χ3n) is 3.50. The Labute approximate surface area is 134 Å². The third kappa shape index (κ3) is 3.01. The molecule has 4 nitrogen and oxygen atoms in total. The molecule has 0 heterocycles. The fourth-order valence-corrected chi connectivity index (χ4v) is 2.26. The van der Waals surface area contributed by atoms with Crippen molar-refractivity contribution in [1.82, 2.24) is 0 Å². The maximum Gasteiger partial charge on any atom is 0.195 e. The Morgan fingerprint density at radius 1 is 0.739 bits per heavy atom. The maximum atomic E-state index is 12.5. The summed E-state index contributed by atoms with van der Waals surface area (Å²) in [4.78, 5) is 12.5. The minimum atomic E-state index is -0.166. The summed E-state index contributed by atoms with van der Waals surface area (Å²) in [5, 5.41) is 0. The van der Waals surface area contributed by atoms with Crippen molar-refractivity contribution >= 4 is 17.2 Å². The number of rotatable bonds is 4. The second-order valence-corrected chi connectivity index (χ2v) is 5.05. The lowest BCUT2D eigenvalue weighted by atomic mass is 10.0. The number of ketones is 1. The van der Waals surface area contributed by atoms with Crippen LogP contribution >= 0.6 is 0 Å². The number of carbonyl (C=O) groups excluding carboxylic acids is 1. The number of ether oxygens (including phenoxy) is 1. The lowest BCUT2D eigenvalue weighted by molar-refractivity contribution is 0.103. The van der Waals surface area contributed by atoms with Gasteiger partial charge in [0, 0.05) is 11.1 Å². The van der Waals surface area contributed by atoms with Crippen molar-refractivity contribution in [3.05, 3.63) is 83.9 Å². The predicted octanol–water partition coefficient (Wildman–Crippen LogP) is 3.87. The van der Waals surface area contributed by atoms with Gasteiger partial charge in [0.1, 0.15) is 5.75 Å². The Hall–Kier alpha value is -3.27. The number of hydrogen-bond acceptors (Lipinski definition) is 4. The zero-order chi connectivity index (χ0) is 16.2. The molecule has 0 atom stereocenters. The first-order chi connectivity index (χ1) is 11.2. The standard InChI is InChI=1S/C19H16N2O2/c20-17-15(19(22)13-7-3-1-4-8-13)11-12-16(18(17)21)23-14-9-5-2-6-10-14/h1-12H,20-21H2. The molecule has 0 saturated heterocycles. The van der Waals surface area contributed by atoms with Crippen molar-refractivity contribution < 1.29 is 9.53 Å². The minimum Gasteiger partial charge on any atom is -0.455 e. The van der Waals surface area contributed by atoms with Crippen LogP contribution in [0.1, 0.15) is 15.9 Å². The van der Waals surface area contributed by atoms with Gasteiger partial charge in [0.05, 0.1) is 11.4 Å². The Morgan fingerprint density at radius 3 is 2.00 bits per heavy atom. The van der Waals surface area contributed by atoms with E-state index < -0.39 is 0 Å². The molecule has 0 aliphatic rings. The SMILES string of the molecule is Nc1c(Oc2ccccc2)ccc(C(=O)c2ccccc2)c1N. The van der Waals surface area contributed by atoms with E-state index in [9.17, 15) is 4.79 Å². The van der Waals surface area contributed by atoms with Gasteiger partial charge in [-0.2, -0.15) is 0 Å². The van der Waals surface area contributed by atoms with Crippen LogP contribution in [-0.2, 0) is 0 Å². The van der Waals surface area contributed by atoms with Crippen LogP contribution in [0.5, 0.6) is 11.5 Å². The van der Waals surface area contributed by atoms with Crippen LogP contribution < -0.4 is 16.2 Å². The van der Waals surface area contributed by atoms with Crippen LogP contribution in [0.2, 0.25) is 0 Å². The topological polar surface area (TPSA) is 78.3 Å². The van der Waals surface area contributed by atoms with Gasteiger partial charge in [-0.1, -0.05) is 48.5 Å². The number of para-hydroxylation sites is 1. The number of anilines is 2. The van der Waals surface area contributed by atoms with E-state index in [-0.39, 0.29) is 17.2 Å². The third-order valence-corrected chi connectivity index (χ3v) is 3.50. The average molecular weight is 304 g/mol. The van der Waals surface area contributed by atoms with E-state index in [4.69, 9.17) is 16.2 Å². The van der Waals surface area contributed by atoms with Gasteiger partial charge in [0.15, 0.2) is 11.5 Å². The second-order valence-electron chi connectivity index (χ2n) is 5.05. The highest BCUT2D eigenvalue weighted by molar-refractivity contribution is 6.13. The van der Waals surface area contributed by atoms with E-state index in [2.05, 4.69) is 0 Å². The smallest absolute Gasteiger partial charge is 0.195 e. The lowest BCUT2D eigenvalue weighted by Crippen LogP contribution is -2.08. The van der Waals surface area contributed by atoms with Crippen LogP contribution in [0.4, 0.5) is 11.4 Å². The molecular formula is C19H16N2O2. The molecule has 3 aromatic rings. The van der Waals surface area contributed by atoms with E-state index in [0.717, 1.165) is 0 Å². The molecule has 3 aromatic carbocycles. The molecule has 4 heteroatoms. The molecular weight excluding hydrogens is 288 g/mol. The number of nitrogens with two attached hydrogens (primary N) is 2. The number of nitrogen functional groups attached to an aromatic ring is 2. The first-order valence-electron chi connectivity index (χ1n) is 7.17. The molecule has 3 rings (SSSR count). The van der Waals surface area contributed by atoms with Gasteiger partial charge in [-0.3, -0.25) is 4.79 Å². The van der Waals surface area contributed by atoms with E-state index in [1.54, 1.807) is 36.4 Å². The normalized spacial score (nSPS) is 10.3. The molecule has 114 valence electrons. The van der Waals surface area contributed by atoms with Crippen LogP contribution in [0.3, 0.4) is 0 Å².